The van der Waals surface area contributed by atoms with Gasteiger partial charge in [-0.15, -0.1) is 0 Å². The Morgan fingerprint density at radius 2 is 1.94 bits per heavy atom. The van der Waals surface area contributed by atoms with Crippen molar-refractivity contribution in [3.63, 3.8) is 0 Å². The molecular weight excluding hydrogens is 250 g/mol. The Labute approximate surface area is 107 Å². The van der Waals surface area contributed by atoms with Gasteiger partial charge in [-0.05, 0) is 18.2 Å². The van der Waals surface area contributed by atoms with E-state index in [1.807, 2.05) is 0 Å². The fraction of sp³-hybridized carbons (Fsp3) is 0.417. The number of nitrogens with zero attached hydrogens (tertiary/aromatic N) is 1. The third-order valence-corrected chi connectivity index (χ3v) is 3.10. The number of fused-ring (bicyclic) bond motifs is 1. The molecule has 0 saturated heterocycles. The molecule has 1 aromatic heterocycles. The molecule has 98 valence electrons. The topological polar surface area (TPSA) is 74.8 Å². The van der Waals surface area contributed by atoms with Gasteiger partial charge in [0.25, 0.3) is 0 Å². The summed E-state index contributed by atoms with van der Waals surface area (Å²) < 4.78 is 24.8. The fourth-order valence-electron chi connectivity index (χ4n) is 1.64. The van der Waals surface area contributed by atoms with Crippen molar-refractivity contribution in [1.29, 1.82) is 0 Å². The second kappa shape index (κ2) is 3.98. The number of anilines is 1. The molecule has 2 rings (SSSR count). The number of H-pyrrole nitrogens is 1. The van der Waals surface area contributed by atoms with Crippen LogP contribution < -0.4 is 4.72 Å². The van der Waals surface area contributed by atoms with Gasteiger partial charge in [-0.1, -0.05) is 20.8 Å². The van der Waals surface area contributed by atoms with Gasteiger partial charge in [0.15, 0.2) is 0 Å². The molecule has 0 bridgehead atoms. The van der Waals surface area contributed by atoms with E-state index in [1.165, 1.54) is 0 Å². The number of rotatable bonds is 2. The normalized spacial score (nSPS) is 12.9. The molecule has 0 saturated carbocycles. The molecule has 0 unspecified atom stereocenters. The lowest BCUT2D eigenvalue weighted by molar-refractivity contribution is 0.554. The van der Waals surface area contributed by atoms with E-state index in [9.17, 15) is 8.42 Å². The van der Waals surface area contributed by atoms with Crippen LogP contribution in [-0.2, 0) is 15.4 Å². The highest BCUT2D eigenvalue weighted by Gasteiger charge is 2.18. The highest BCUT2D eigenvalue weighted by molar-refractivity contribution is 7.92. The van der Waals surface area contributed by atoms with Crippen molar-refractivity contribution >= 4 is 26.7 Å². The zero-order chi connectivity index (χ0) is 13.6. The van der Waals surface area contributed by atoms with Gasteiger partial charge in [-0.3, -0.25) is 4.72 Å². The molecule has 6 heteroatoms. The first-order chi connectivity index (χ1) is 8.15. The van der Waals surface area contributed by atoms with Gasteiger partial charge in [0.05, 0.1) is 23.0 Å². The van der Waals surface area contributed by atoms with Crippen LogP contribution in [0.3, 0.4) is 0 Å². The SMILES string of the molecule is CC(C)(C)c1nc2ccc(NS(C)(=O)=O)cc2[nH]1. The number of hydrogen-bond acceptors (Lipinski definition) is 3. The third kappa shape index (κ3) is 2.81. The van der Waals surface area contributed by atoms with Crippen LogP contribution in [0.1, 0.15) is 26.6 Å². The number of aromatic nitrogens is 2. The molecule has 0 fully saturated rings. The van der Waals surface area contributed by atoms with Crippen molar-refractivity contribution in [1.82, 2.24) is 9.97 Å². The van der Waals surface area contributed by atoms with E-state index in [0.717, 1.165) is 23.1 Å². The summed E-state index contributed by atoms with van der Waals surface area (Å²) >= 11 is 0. The lowest BCUT2D eigenvalue weighted by Crippen LogP contribution is -2.12. The summed E-state index contributed by atoms with van der Waals surface area (Å²) in [4.78, 5) is 7.70. The minimum absolute atomic E-state index is 0.0660. The molecule has 0 aliphatic heterocycles. The minimum atomic E-state index is -3.25. The van der Waals surface area contributed by atoms with Crippen molar-refractivity contribution in [3.05, 3.63) is 24.0 Å². The largest absolute Gasteiger partial charge is 0.341 e. The van der Waals surface area contributed by atoms with Gasteiger partial charge < -0.3 is 4.98 Å². The van der Waals surface area contributed by atoms with Gasteiger partial charge in [0, 0.05) is 5.41 Å². The van der Waals surface area contributed by atoms with Crippen LogP contribution in [0.15, 0.2) is 18.2 Å². The molecule has 0 atom stereocenters. The smallest absolute Gasteiger partial charge is 0.229 e. The molecule has 1 heterocycles. The van der Waals surface area contributed by atoms with Crippen LogP contribution in [0.5, 0.6) is 0 Å². The van der Waals surface area contributed by atoms with Gasteiger partial charge in [-0.2, -0.15) is 0 Å². The Kier molecular flexibility index (Phi) is 2.85. The summed E-state index contributed by atoms with van der Waals surface area (Å²) in [6.45, 7) is 6.21. The number of benzene rings is 1. The van der Waals surface area contributed by atoms with Gasteiger partial charge in [0.2, 0.25) is 10.0 Å². The van der Waals surface area contributed by atoms with Gasteiger partial charge >= 0.3 is 0 Å². The molecule has 0 spiro atoms. The average molecular weight is 267 g/mol. The summed E-state index contributed by atoms with van der Waals surface area (Å²) in [5.41, 5.74) is 2.13. The van der Waals surface area contributed by atoms with Crippen LogP contribution in [0.4, 0.5) is 5.69 Å². The minimum Gasteiger partial charge on any atom is -0.341 e. The maximum Gasteiger partial charge on any atom is 0.229 e. The fourth-order valence-corrected chi connectivity index (χ4v) is 2.20. The van der Waals surface area contributed by atoms with Crippen LogP contribution in [0.2, 0.25) is 0 Å². The highest BCUT2D eigenvalue weighted by atomic mass is 32.2. The second-order valence-electron chi connectivity index (χ2n) is 5.44. The van der Waals surface area contributed by atoms with Crippen molar-refractivity contribution in [2.24, 2.45) is 0 Å². The Morgan fingerprint density at radius 1 is 1.28 bits per heavy atom. The molecular formula is C12H17N3O2S. The summed E-state index contributed by atoms with van der Waals surface area (Å²) in [5, 5.41) is 0. The highest BCUT2D eigenvalue weighted by Crippen LogP contribution is 2.24. The molecule has 5 nitrogen and oxygen atoms in total. The zero-order valence-electron chi connectivity index (χ0n) is 10.9. The molecule has 18 heavy (non-hydrogen) atoms. The summed E-state index contributed by atoms with van der Waals surface area (Å²) in [6, 6.07) is 5.25. The first-order valence-electron chi connectivity index (χ1n) is 5.63. The standard InChI is InChI=1S/C12H17N3O2S/c1-12(2,3)11-13-9-6-5-8(7-10(9)14-11)15-18(4,16)17/h5-7,15H,1-4H3,(H,13,14). The molecule has 2 N–H and O–H groups in total. The number of sulfonamides is 1. The zero-order valence-corrected chi connectivity index (χ0v) is 11.7. The van der Waals surface area contributed by atoms with Crippen LogP contribution in [0, 0.1) is 0 Å². The lowest BCUT2D eigenvalue weighted by atomic mass is 9.96. The van der Waals surface area contributed by atoms with Crippen LogP contribution >= 0.6 is 0 Å². The molecule has 0 amide bonds. The van der Waals surface area contributed by atoms with E-state index >= 15 is 0 Å². The second-order valence-corrected chi connectivity index (χ2v) is 7.19. The van der Waals surface area contributed by atoms with Crippen LogP contribution in [-0.4, -0.2) is 24.6 Å². The van der Waals surface area contributed by atoms with Gasteiger partial charge in [-0.25, -0.2) is 13.4 Å². The first-order valence-corrected chi connectivity index (χ1v) is 7.52. The summed E-state index contributed by atoms with van der Waals surface area (Å²) in [7, 11) is -3.25. The predicted molar refractivity (Wildman–Crippen MR) is 73.3 cm³/mol. The van der Waals surface area contributed by atoms with Gasteiger partial charge in [0.1, 0.15) is 5.82 Å². The maximum atomic E-state index is 11.2. The Balaban J connectivity index is 2.46. The third-order valence-electron chi connectivity index (χ3n) is 2.50. The number of imidazole rings is 1. The Bertz CT molecular complexity index is 681. The van der Waals surface area contributed by atoms with Crippen molar-refractivity contribution in [2.45, 2.75) is 26.2 Å². The van der Waals surface area contributed by atoms with Crippen LogP contribution in [0.25, 0.3) is 11.0 Å². The number of nitrogens with one attached hydrogen (secondary N) is 2. The molecule has 1 aromatic carbocycles. The van der Waals surface area contributed by atoms with Crippen molar-refractivity contribution < 1.29 is 8.42 Å². The van der Waals surface area contributed by atoms with Crippen molar-refractivity contribution in [3.8, 4) is 0 Å². The maximum absolute atomic E-state index is 11.2. The summed E-state index contributed by atoms with van der Waals surface area (Å²) in [5.74, 6) is 0.883. The monoisotopic (exact) mass is 267 g/mol. The molecule has 0 radical (unpaired) electrons. The van der Waals surface area contributed by atoms with E-state index in [1.54, 1.807) is 18.2 Å². The van der Waals surface area contributed by atoms with E-state index in [0.29, 0.717) is 5.69 Å². The number of hydrogen-bond donors (Lipinski definition) is 2. The quantitative estimate of drug-likeness (QED) is 0.876. The lowest BCUT2D eigenvalue weighted by Gasteiger charge is -2.13. The van der Waals surface area contributed by atoms with E-state index in [4.69, 9.17) is 0 Å². The van der Waals surface area contributed by atoms with E-state index in [2.05, 4.69) is 35.5 Å². The van der Waals surface area contributed by atoms with E-state index < -0.39 is 10.0 Å². The summed E-state index contributed by atoms with van der Waals surface area (Å²) in [6.07, 6.45) is 1.13. The molecule has 0 aliphatic carbocycles. The Morgan fingerprint density at radius 3 is 2.50 bits per heavy atom. The van der Waals surface area contributed by atoms with Crippen molar-refractivity contribution in [2.75, 3.05) is 11.0 Å². The average Bonchev–Trinajstić information content (AvgIpc) is 2.57. The predicted octanol–water partition coefficient (Wildman–Crippen LogP) is 2.23. The first kappa shape index (κ1) is 12.9. The van der Waals surface area contributed by atoms with E-state index in [-0.39, 0.29) is 5.41 Å². The number of aromatic amines is 1. The Hall–Kier alpha value is -1.56. The molecule has 2 aromatic rings. The molecule has 0 aliphatic rings.